The molecular weight excluding hydrogens is 325 g/mol. The molecule has 1 heterocycles. The Morgan fingerprint density at radius 3 is 2.52 bits per heavy atom. The Bertz CT molecular complexity index is 613. The van der Waals surface area contributed by atoms with Crippen LogP contribution < -0.4 is 0 Å². The molecule has 2 aromatic rings. The molecule has 1 unspecified atom stereocenters. The fraction of sp³-hybridized carbons (Fsp3) is 0.429. The van der Waals surface area contributed by atoms with Crippen molar-refractivity contribution in [2.75, 3.05) is 0 Å². The lowest BCUT2D eigenvalue weighted by Gasteiger charge is -2.37. The quantitative estimate of drug-likeness (QED) is 0.757. The number of aromatic nitrogens is 3. The van der Waals surface area contributed by atoms with E-state index in [0.29, 0.717) is 16.6 Å². The molecule has 1 atom stereocenters. The summed E-state index contributed by atoms with van der Waals surface area (Å²) in [5.74, 6) is 0. The summed E-state index contributed by atoms with van der Waals surface area (Å²) >= 11 is 12.4. The Hall–Kier alpha value is -0.883. The minimum atomic E-state index is -1.80. The summed E-state index contributed by atoms with van der Waals surface area (Å²) in [5.41, 5.74) is 0.325. The van der Waals surface area contributed by atoms with Gasteiger partial charge in [0.15, 0.2) is 8.32 Å². The molecule has 114 valence electrons. The van der Waals surface area contributed by atoms with Crippen LogP contribution >= 0.6 is 23.2 Å². The van der Waals surface area contributed by atoms with Crippen molar-refractivity contribution in [1.82, 2.24) is 14.8 Å². The van der Waals surface area contributed by atoms with Crippen molar-refractivity contribution in [3.63, 3.8) is 0 Å². The summed E-state index contributed by atoms with van der Waals surface area (Å²) in [6.07, 6.45) is 3.19. The van der Waals surface area contributed by atoms with Crippen molar-refractivity contribution in [1.29, 1.82) is 0 Å². The zero-order valence-corrected chi connectivity index (χ0v) is 15.1. The molecule has 0 fully saturated rings. The average molecular weight is 344 g/mol. The van der Waals surface area contributed by atoms with E-state index in [0.717, 1.165) is 5.56 Å². The molecule has 1 aromatic carbocycles. The summed E-state index contributed by atoms with van der Waals surface area (Å²) in [5, 5.41) is 5.39. The maximum atomic E-state index is 6.43. The molecule has 0 N–H and O–H groups in total. The number of halogens is 2. The first-order valence-electron chi connectivity index (χ1n) is 6.68. The largest absolute Gasteiger partial charge is 0.406 e. The number of benzene rings is 1. The van der Waals surface area contributed by atoms with Crippen LogP contribution in [0.5, 0.6) is 0 Å². The fourth-order valence-corrected chi connectivity index (χ4v) is 4.52. The Morgan fingerprint density at radius 1 is 1.29 bits per heavy atom. The van der Waals surface area contributed by atoms with Gasteiger partial charge in [0.1, 0.15) is 12.7 Å². The predicted octanol–water partition coefficient (Wildman–Crippen LogP) is 4.35. The number of hydrogen-bond acceptors (Lipinski definition) is 3. The maximum Gasteiger partial charge on any atom is 0.185 e. The lowest BCUT2D eigenvalue weighted by Crippen LogP contribution is -2.41. The highest BCUT2D eigenvalue weighted by molar-refractivity contribution is 6.69. The van der Waals surface area contributed by atoms with Gasteiger partial charge in [0.25, 0.3) is 0 Å². The second-order valence-corrected chi connectivity index (χ2v) is 11.4. The van der Waals surface area contributed by atoms with E-state index in [4.69, 9.17) is 27.6 Å². The van der Waals surface area contributed by atoms with Crippen LogP contribution in [0.15, 0.2) is 30.9 Å². The van der Waals surface area contributed by atoms with Crippen molar-refractivity contribution in [3.8, 4) is 0 Å². The van der Waals surface area contributed by atoms with Gasteiger partial charge >= 0.3 is 0 Å². The topological polar surface area (TPSA) is 39.9 Å². The van der Waals surface area contributed by atoms with Gasteiger partial charge in [-0.2, -0.15) is 5.10 Å². The highest BCUT2D eigenvalue weighted by Gasteiger charge is 2.35. The van der Waals surface area contributed by atoms with E-state index < -0.39 is 13.9 Å². The molecule has 0 bridgehead atoms. The van der Waals surface area contributed by atoms with E-state index in [1.54, 1.807) is 17.1 Å². The SMILES string of the molecule is CC(Cn1cncn1)(O[Si](C)(C)C)c1ccc(Cl)cc1Cl. The summed E-state index contributed by atoms with van der Waals surface area (Å²) in [6, 6.07) is 5.49. The lowest BCUT2D eigenvalue weighted by molar-refractivity contribution is 0.0548. The first-order chi connectivity index (χ1) is 9.70. The molecule has 0 saturated heterocycles. The molecule has 0 aliphatic heterocycles. The molecule has 0 amide bonds. The maximum absolute atomic E-state index is 6.43. The highest BCUT2D eigenvalue weighted by Crippen LogP contribution is 2.36. The van der Waals surface area contributed by atoms with E-state index in [1.165, 1.54) is 6.33 Å². The third kappa shape index (κ3) is 4.29. The first kappa shape index (κ1) is 16.5. The van der Waals surface area contributed by atoms with E-state index in [9.17, 15) is 0 Å². The van der Waals surface area contributed by atoms with Crippen molar-refractivity contribution < 1.29 is 4.43 Å². The zero-order chi connectivity index (χ0) is 15.7. The summed E-state index contributed by atoms with van der Waals surface area (Å²) in [6.45, 7) is 9.02. The first-order valence-corrected chi connectivity index (χ1v) is 10.8. The molecule has 0 aliphatic carbocycles. The van der Waals surface area contributed by atoms with Gasteiger partial charge in [0.2, 0.25) is 0 Å². The van der Waals surface area contributed by atoms with E-state index in [1.807, 2.05) is 19.1 Å². The second-order valence-electron chi connectivity index (χ2n) is 6.16. The van der Waals surface area contributed by atoms with Gasteiger partial charge in [0, 0.05) is 15.6 Å². The molecule has 2 rings (SSSR count). The molecule has 4 nitrogen and oxygen atoms in total. The Morgan fingerprint density at radius 2 is 2.00 bits per heavy atom. The Labute approximate surface area is 136 Å². The van der Waals surface area contributed by atoms with Crippen LogP contribution in [0.1, 0.15) is 12.5 Å². The Balaban J connectivity index is 2.44. The van der Waals surface area contributed by atoms with Gasteiger partial charge in [-0.1, -0.05) is 29.3 Å². The van der Waals surface area contributed by atoms with Crippen molar-refractivity contribution in [2.45, 2.75) is 38.7 Å². The van der Waals surface area contributed by atoms with E-state index in [-0.39, 0.29) is 0 Å². The number of rotatable bonds is 5. The molecule has 7 heteroatoms. The van der Waals surface area contributed by atoms with Crippen LogP contribution in [0.2, 0.25) is 29.7 Å². The summed E-state index contributed by atoms with van der Waals surface area (Å²) < 4.78 is 8.18. The van der Waals surface area contributed by atoms with Crippen molar-refractivity contribution >= 4 is 31.5 Å². The standard InChI is InChI=1S/C14H19Cl2N3OSi/c1-14(20-21(2,3)4,8-19-10-17-9-18-19)12-6-5-11(15)7-13(12)16/h5-7,9-10H,8H2,1-4H3. The monoisotopic (exact) mass is 343 g/mol. The molecule has 1 aromatic heterocycles. The minimum Gasteiger partial charge on any atom is -0.406 e. The Kier molecular flexibility index (Phi) is 4.78. The average Bonchev–Trinajstić information content (AvgIpc) is 2.78. The van der Waals surface area contributed by atoms with Crippen molar-refractivity contribution in [3.05, 3.63) is 46.5 Å². The summed E-state index contributed by atoms with van der Waals surface area (Å²) in [7, 11) is -1.80. The number of hydrogen-bond donors (Lipinski definition) is 0. The van der Waals surface area contributed by atoms with Crippen LogP contribution in [0.25, 0.3) is 0 Å². The molecular formula is C14H19Cl2N3OSi. The van der Waals surface area contributed by atoms with Crippen LogP contribution in [0, 0.1) is 0 Å². The number of nitrogens with zero attached hydrogens (tertiary/aromatic N) is 3. The van der Waals surface area contributed by atoms with Crippen molar-refractivity contribution in [2.24, 2.45) is 0 Å². The third-order valence-corrected chi connectivity index (χ3v) is 4.57. The van der Waals surface area contributed by atoms with Gasteiger partial charge in [0.05, 0.1) is 12.1 Å². The van der Waals surface area contributed by atoms with Gasteiger partial charge in [-0.05, 0) is 38.7 Å². The predicted molar refractivity (Wildman–Crippen MR) is 88.3 cm³/mol. The molecule has 0 saturated carbocycles. The zero-order valence-electron chi connectivity index (χ0n) is 12.6. The van der Waals surface area contributed by atoms with Crippen LogP contribution in [0.3, 0.4) is 0 Å². The van der Waals surface area contributed by atoms with E-state index >= 15 is 0 Å². The third-order valence-electron chi connectivity index (χ3n) is 2.96. The smallest absolute Gasteiger partial charge is 0.185 e. The summed E-state index contributed by atoms with van der Waals surface area (Å²) in [4.78, 5) is 3.99. The van der Waals surface area contributed by atoms with E-state index in [2.05, 4.69) is 29.7 Å². The van der Waals surface area contributed by atoms with Crippen LogP contribution in [-0.4, -0.2) is 23.1 Å². The second kappa shape index (κ2) is 6.08. The van der Waals surface area contributed by atoms with Gasteiger partial charge < -0.3 is 4.43 Å². The molecule has 0 radical (unpaired) electrons. The fourth-order valence-electron chi connectivity index (χ4n) is 2.39. The lowest BCUT2D eigenvalue weighted by atomic mass is 9.96. The highest BCUT2D eigenvalue weighted by atomic mass is 35.5. The van der Waals surface area contributed by atoms with Gasteiger partial charge in [-0.3, -0.25) is 0 Å². The van der Waals surface area contributed by atoms with Gasteiger partial charge in [-0.15, -0.1) is 0 Å². The normalized spacial score (nSPS) is 15.0. The minimum absolute atomic E-state index is 0.540. The van der Waals surface area contributed by atoms with Crippen LogP contribution in [0.4, 0.5) is 0 Å². The molecule has 0 aliphatic rings. The van der Waals surface area contributed by atoms with Gasteiger partial charge in [-0.25, -0.2) is 9.67 Å². The van der Waals surface area contributed by atoms with Crippen LogP contribution in [-0.2, 0) is 16.6 Å². The molecule has 21 heavy (non-hydrogen) atoms. The molecule has 0 spiro atoms.